The highest BCUT2D eigenvalue weighted by molar-refractivity contribution is 5.67. The van der Waals surface area contributed by atoms with Gasteiger partial charge in [-0.1, -0.05) is 0 Å². The van der Waals surface area contributed by atoms with Gasteiger partial charge in [0.25, 0.3) is 0 Å². The Morgan fingerprint density at radius 2 is 2.14 bits per heavy atom. The molecule has 0 saturated carbocycles. The average molecular weight is 402 g/mol. The Morgan fingerprint density at radius 1 is 1.21 bits per heavy atom. The van der Waals surface area contributed by atoms with Crippen LogP contribution in [-0.2, 0) is 27.2 Å². The summed E-state index contributed by atoms with van der Waals surface area (Å²) in [5.41, 5.74) is 2.64. The summed E-state index contributed by atoms with van der Waals surface area (Å²) in [6, 6.07) is 7.75. The van der Waals surface area contributed by atoms with Crippen molar-refractivity contribution in [1.82, 2.24) is 9.55 Å². The van der Waals surface area contributed by atoms with E-state index in [1.807, 2.05) is 31.2 Å². The minimum absolute atomic E-state index is 0.145. The third-order valence-electron chi connectivity index (χ3n) is 4.95. The molecule has 0 amide bonds. The van der Waals surface area contributed by atoms with Crippen molar-refractivity contribution in [2.75, 3.05) is 46.2 Å². The zero-order chi connectivity index (χ0) is 20.1. The highest BCUT2D eigenvalue weighted by atomic mass is 16.6. The first kappa shape index (κ1) is 19.9. The monoisotopic (exact) mass is 402 g/mol. The van der Waals surface area contributed by atoms with Crippen LogP contribution < -0.4 is 15.2 Å². The molecule has 2 aliphatic rings. The van der Waals surface area contributed by atoms with E-state index in [0.717, 1.165) is 29.0 Å². The van der Waals surface area contributed by atoms with Crippen LogP contribution in [0.25, 0.3) is 11.3 Å². The number of hydrogen-bond acceptors (Lipinski definition) is 7. The molecule has 0 spiro atoms. The molecule has 29 heavy (non-hydrogen) atoms. The summed E-state index contributed by atoms with van der Waals surface area (Å²) in [6.45, 7) is 6.23. The third-order valence-corrected chi connectivity index (χ3v) is 4.95. The summed E-state index contributed by atoms with van der Waals surface area (Å²) < 4.78 is 29.4. The maximum Gasteiger partial charge on any atom is 0.351 e. The van der Waals surface area contributed by atoms with Crippen molar-refractivity contribution < 1.29 is 23.7 Å². The standard InChI is InChI=1S/C21H26N2O6/c1-2-25-7-9-27-16-3-4-18-15(11-16)5-6-23-19(18)12-20(22-21(23)24)29-14-17-13-26-8-10-28-17/h3-4,11-12,17H,2,5-10,13-14H2,1H3. The summed E-state index contributed by atoms with van der Waals surface area (Å²) in [6.07, 6.45) is 0.605. The maximum absolute atomic E-state index is 12.5. The van der Waals surface area contributed by atoms with Crippen LogP contribution in [0.4, 0.5) is 0 Å². The van der Waals surface area contributed by atoms with E-state index in [1.54, 1.807) is 4.57 Å². The van der Waals surface area contributed by atoms with Gasteiger partial charge in [-0.3, -0.25) is 4.57 Å². The average Bonchev–Trinajstić information content (AvgIpc) is 2.76. The lowest BCUT2D eigenvalue weighted by Gasteiger charge is -2.24. The zero-order valence-corrected chi connectivity index (χ0v) is 16.6. The minimum atomic E-state index is -0.305. The van der Waals surface area contributed by atoms with Gasteiger partial charge in [0, 0.05) is 24.8 Å². The summed E-state index contributed by atoms with van der Waals surface area (Å²) in [5, 5.41) is 0. The third kappa shape index (κ3) is 4.77. The van der Waals surface area contributed by atoms with E-state index in [-0.39, 0.29) is 11.8 Å². The lowest BCUT2D eigenvalue weighted by atomic mass is 9.97. The molecule has 1 saturated heterocycles. The first-order valence-corrected chi connectivity index (χ1v) is 10.0. The molecule has 1 atom stereocenters. The number of fused-ring (bicyclic) bond motifs is 3. The number of hydrogen-bond donors (Lipinski definition) is 0. The van der Waals surface area contributed by atoms with Crippen LogP contribution in [-0.4, -0.2) is 61.9 Å². The molecule has 1 fully saturated rings. The van der Waals surface area contributed by atoms with E-state index in [0.29, 0.717) is 58.7 Å². The molecule has 156 valence electrons. The van der Waals surface area contributed by atoms with Gasteiger partial charge in [-0.15, -0.1) is 0 Å². The van der Waals surface area contributed by atoms with E-state index in [4.69, 9.17) is 23.7 Å². The van der Waals surface area contributed by atoms with Gasteiger partial charge in [-0.25, -0.2) is 4.79 Å². The van der Waals surface area contributed by atoms with Gasteiger partial charge >= 0.3 is 5.69 Å². The number of aromatic nitrogens is 2. The van der Waals surface area contributed by atoms with Gasteiger partial charge in [-0.05, 0) is 37.1 Å². The molecule has 8 heteroatoms. The molecule has 2 aromatic rings. The molecule has 4 rings (SSSR count). The molecular weight excluding hydrogens is 376 g/mol. The van der Waals surface area contributed by atoms with Crippen LogP contribution >= 0.6 is 0 Å². The Balaban J connectivity index is 1.50. The van der Waals surface area contributed by atoms with Gasteiger partial charge in [0.15, 0.2) is 0 Å². The van der Waals surface area contributed by atoms with Crippen molar-refractivity contribution in [3.63, 3.8) is 0 Å². The first-order chi connectivity index (χ1) is 14.2. The van der Waals surface area contributed by atoms with Gasteiger partial charge < -0.3 is 23.7 Å². The summed E-state index contributed by atoms with van der Waals surface area (Å²) in [7, 11) is 0. The van der Waals surface area contributed by atoms with Gasteiger partial charge in [-0.2, -0.15) is 4.98 Å². The molecule has 0 aliphatic carbocycles. The number of ether oxygens (including phenoxy) is 5. The lowest BCUT2D eigenvalue weighted by molar-refractivity contribution is -0.102. The smallest absolute Gasteiger partial charge is 0.351 e. The molecule has 0 bridgehead atoms. The van der Waals surface area contributed by atoms with Gasteiger partial charge in [0.2, 0.25) is 5.88 Å². The predicted molar refractivity (Wildman–Crippen MR) is 106 cm³/mol. The second kappa shape index (κ2) is 9.39. The number of benzene rings is 1. The highest BCUT2D eigenvalue weighted by Crippen LogP contribution is 2.32. The van der Waals surface area contributed by atoms with Crippen molar-refractivity contribution in [2.24, 2.45) is 0 Å². The number of aryl methyl sites for hydroxylation is 1. The SMILES string of the molecule is CCOCCOc1ccc2c(c1)CCn1c-2cc(OCC2COCCO2)nc1=O. The molecule has 0 N–H and O–H groups in total. The quantitative estimate of drug-likeness (QED) is 0.622. The Kier molecular flexibility index (Phi) is 6.43. The molecule has 8 nitrogen and oxygen atoms in total. The van der Waals surface area contributed by atoms with Gasteiger partial charge in [0.05, 0.1) is 32.1 Å². The van der Waals surface area contributed by atoms with Crippen LogP contribution in [0, 0.1) is 0 Å². The molecule has 1 aromatic carbocycles. The lowest BCUT2D eigenvalue weighted by Crippen LogP contribution is -2.34. The van der Waals surface area contributed by atoms with Crippen LogP contribution in [0.1, 0.15) is 12.5 Å². The summed E-state index contributed by atoms with van der Waals surface area (Å²) in [4.78, 5) is 16.6. The largest absolute Gasteiger partial charge is 0.491 e. The summed E-state index contributed by atoms with van der Waals surface area (Å²) >= 11 is 0. The van der Waals surface area contributed by atoms with Crippen LogP contribution in [0.3, 0.4) is 0 Å². The Labute approximate surface area is 169 Å². The zero-order valence-electron chi connectivity index (χ0n) is 16.6. The Morgan fingerprint density at radius 3 is 2.97 bits per heavy atom. The molecule has 2 aliphatic heterocycles. The highest BCUT2D eigenvalue weighted by Gasteiger charge is 2.21. The second-order valence-electron chi connectivity index (χ2n) is 6.91. The van der Waals surface area contributed by atoms with Crippen LogP contribution in [0.15, 0.2) is 29.1 Å². The molecule has 1 unspecified atom stereocenters. The number of nitrogens with zero attached hydrogens (tertiary/aromatic N) is 2. The van der Waals surface area contributed by atoms with E-state index in [9.17, 15) is 4.79 Å². The topological polar surface area (TPSA) is 81.0 Å². The van der Waals surface area contributed by atoms with Crippen molar-refractivity contribution in [3.8, 4) is 22.9 Å². The minimum Gasteiger partial charge on any atom is -0.491 e. The van der Waals surface area contributed by atoms with E-state index in [2.05, 4.69) is 4.98 Å². The van der Waals surface area contributed by atoms with Crippen molar-refractivity contribution in [1.29, 1.82) is 0 Å². The first-order valence-electron chi connectivity index (χ1n) is 10.0. The molecule has 3 heterocycles. The Hall–Kier alpha value is -2.42. The normalized spacial score (nSPS) is 18.0. The number of rotatable bonds is 8. The second-order valence-corrected chi connectivity index (χ2v) is 6.91. The fourth-order valence-electron chi connectivity index (χ4n) is 3.52. The Bertz CT molecular complexity index is 891. The maximum atomic E-state index is 12.5. The van der Waals surface area contributed by atoms with E-state index < -0.39 is 0 Å². The molecular formula is C21H26N2O6. The van der Waals surface area contributed by atoms with Crippen LogP contribution in [0.5, 0.6) is 11.6 Å². The van der Waals surface area contributed by atoms with Crippen molar-refractivity contribution in [3.05, 3.63) is 40.3 Å². The fraction of sp³-hybridized carbons (Fsp3) is 0.524. The van der Waals surface area contributed by atoms with E-state index in [1.165, 1.54) is 0 Å². The summed E-state index contributed by atoms with van der Waals surface area (Å²) in [5.74, 6) is 1.11. The predicted octanol–water partition coefficient (Wildman–Crippen LogP) is 1.68. The van der Waals surface area contributed by atoms with Crippen LogP contribution in [0.2, 0.25) is 0 Å². The van der Waals surface area contributed by atoms with E-state index >= 15 is 0 Å². The van der Waals surface area contributed by atoms with Gasteiger partial charge in [0.1, 0.15) is 25.1 Å². The molecule has 0 radical (unpaired) electrons. The van der Waals surface area contributed by atoms with Crippen molar-refractivity contribution in [2.45, 2.75) is 26.0 Å². The fourth-order valence-corrected chi connectivity index (χ4v) is 3.52. The van der Waals surface area contributed by atoms with Crippen molar-refractivity contribution >= 4 is 0 Å². The molecule has 1 aromatic heterocycles.